The third-order valence-electron chi connectivity index (χ3n) is 3.14. The molecule has 21 heavy (non-hydrogen) atoms. The van der Waals surface area contributed by atoms with Crippen LogP contribution in [0.4, 0.5) is 15.8 Å². The van der Waals surface area contributed by atoms with Crippen LogP contribution in [0.1, 0.15) is 10.4 Å². The van der Waals surface area contributed by atoms with Crippen molar-refractivity contribution in [2.75, 3.05) is 11.1 Å². The van der Waals surface area contributed by atoms with E-state index in [4.69, 9.17) is 5.73 Å². The molecule has 1 aromatic heterocycles. The van der Waals surface area contributed by atoms with E-state index in [-0.39, 0.29) is 11.6 Å². The first-order valence-corrected chi connectivity index (χ1v) is 6.35. The van der Waals surface area contributed by atoms with Crippen LogP contribution >= 0.6 is 0 Å². The Morgan fingerprint density at radius 1 is 1.14 bits per heavy atom. The van der Waals surface area contributed by atoms with E-state index >= 15 is 0 Å². The van der Waals surface area contributed by atoms with Crippen molar-refractivity contribution >= 4 is 28.2 Å². The number of rotatable bonds is 2. The maximum Gasteiger partial charge on any atom is 0.257 e. The number of aromatic nitrogens is 1. The Bertz CT molecular complexity index is 827. The summed E-state index contributed by atoms with van der Waals surface area (Å²) in [6.07, 6.45) is 1.63. The van der Waals surface area contributed by atoms with Gasteiger partial charge in [0.05, 0.1) is 22.5 Å². The van der Waals surface area contributed by atoms with Crippen LogP contribution in [0.5, 0.6) is 0 Å². The van der Waals surface area contributed by atoms with E-state index < -0.39 is 5.82 Å². The number of nitrogens with two attached hydrogens (primary N) is 1. The number of amides is 1. The molecule has 3 aromatic rings. The summed E-state index contributed by atoms with van der Waals surface area (Å²) in [6, 6.07) is 12.9. The maximum atomic E-state index is 13.0. The number of nitrogens with zero attached hydrogens (tertiary/aromatic N) is 1. The largest absolute Gasteiger partial charge is 0.397 e. The van der Waals surface area contributed by atoms with Gasteiger partial charge in [-0.25, -0.2) is 4.39 Å². The zero-order valence-corrected chi connectivity index (χ0v) is 11.0. The number of benzene rings is 2. The van der Waals surface area contributed by atoms with Gasteiger partial charge in [0.2, 0.25) is 0 Å². The first kappa shape index (κ1) is 13.1. The molecule has 0 atom stereocenters. The summed E-state index contributed by atoms with van der Waals surface area (Å²) < 4.78 is 13.0. The van der Waals surface area contributed by atoms with Crippen LogP contribution in [0.2, 0.25) is 0 Å². The van der Waals surface area contributed by atoms with Crippen LogP contribution in [-0.2, 0) is 0 Å². The molecule has 1 heterocycles. The lowest BCUT2D eigenvalue weighted by molar-refractivity contribution is 0.102. The molecule has 0 saturated carbocycles. The Labute approximate surface area is 120 Å². The topological polar surface area (TPSA) is 68.0 Å². The van der Waals surface area contributed by atoms with E-state index in [1.807, 2.05) is 18.2 Å². The van der Waals surface area contributed by atoms with Crippen molar-refractivity contribution in [3.05, 3.63) is 66.1 Å². The summed E-state index contributed by atoms with van der Waals surface area (Å²) in [5.74, 6) is -0.782. The van der Waals surface area contributed by atoms with Gasteiger partial charge in [0.25, 0.3) is 5.91 Å². The van der Waals surface area contributed by atoms with Crippen LogP contribution in [0.25, 0.3) is 10.9 Å². The van der Waals surface area contributed by atoms with Gasteiger partial charge >= 0.3 is 0 Å². The minimum Gasteiger partial charge on any atom is -0.397 e. The van der Waals surface area contributed by atoms with Crippen molar-refractivity contribution in [1.29, 1.82) is 0 Å². The second-order valence-electron chi connectivity index (χ2n) is 4.57. The number of pyridine rings is 1. The van der Waals surface area contributed by atoms with E-state index in [0.717, 1.165) is 11.5 Å². The van der Waals surface area contributed by atoms with Crippen molar-refractivity contribution < 1.29 is 9.18 Å². The second kappa shape index (κ2) is 5.20. The smallest absolute Gasteiger partial charge is 0.257 e. The monoisotopic (exact) mass is 281 g/mol. The molecule has 0 bridgehead atoms. The number of para-hydroxylation sites is 1. The molecule has 0 radical (unpaired) electrons. The summed E-state index contributed by atoms with van der Waals surface area (Å²) in [4.78, 5) is 16.6. The Kier molecular flexibility index (Phi) is 3.23. The van der Waals surface area contributed by atoms with Crippen LogP contribution in [0.3, 0.4) is 0 Å². The predicted molar refractivity (Wildman–Crippen MR) is 80.5 cm³/mol. The molecule has 0 aliphatic rings. The molecule has 104 valence electrons. The lowest BCUT2D eigenvalue weighted by atomic mass is 10.1. The molecule has 0 spiro atoms. The van der Waals surface area contributed by atoms with Crippen LogP contribution in [-0.4, -0.2) is 10.9 Å². The second-order valence-corrected chi connectivity index (χ2v) is 4.57. The Morgan fingerprint density at radius 2 is 1.95 bits per heavy atom. The summed E-state index contributed by atoms with van der Waals surface area (Å²) in [5.41, 5.74) is 7.29. The zero-order valence-electron chi connectivity index (χ0n) is 11.0. The Morgan fingerprint density at radius 3 is 2.76 bits per heavy atom. The van der Waals surface area contributed by atoms with Crippen molar-refractivity contribution in [1.82, 2.24) is 4.98 Å². The molecule has 3 rings (SSSR count). The quantitative estimate of drug-likeness (QED) is 0.709. The molecular formula is C16H12FN3O. The van der Waals surface area contributed by atoms with Gasteiger partial charge in [0.1, 0.15) is 5.82 Å². The van der Waals surface area contributed by atoms with Gasteiger partial charge in [0, 0.05) is 11.6 Å². The maximum absolute atomic E-state index is 13.0. The first-order chi connectivity index (χ1) is 10.1. The highest BCUT2D eigenvalue weighted by atomic mass is 19.1. The first-order valence-electron chi connectivity index (χ1n) is 6.35. The molecule has 3 N–H and O–H groups in total. The van der Waals surface area contributed by atoms with Crippen molar-refractivity contribution in [3.8, 4) is 0 Å². The standard InChI is InChI=1S/C16H12FN3O/c17-11-6-7-14(13(18)9-11)20-16(21)12-5-1-3-10-4-2-8-19-15(10)12/h1-9H,18H2,(H,20,21). The molecule has 5 heteroatoms. The number of nitrogen functional groups attached to an aromatic ring is 1. The van der Waals surface area contributed by atoms with E-state index in [0.29, 0.717) is 16.8 Å². The van der Waals surface area contributed by atoms with Gasteiger partial charge in [-0.2, -0.15) is 0 Å². The lowest BCUT2D eigenvalue weighted by Gasteiger charge is -2.09. The molecule has 0 aliphatic carbocycles. The third-order valence-corrected chi connectivity index (χ3v) is 3.14. The molecular weight excluding hydrogens is 269 g/mol. The zero-order chi connectivity index (χ0) is 14.8. The summed E-state index contributed by atoms with van der Waals surface area (Å²) in [7, 11) is 0. The van der Waals surface area contributed by atoms with Gasteiger partial charge in [-0.1, -0.05) is 18.2 Å². The number of hydrogen-bond donors (Lipinski definition) is 2. The van der Waals surface area contributed by atoms with Gasteiger partial charge in [0.15, 0.2) is 0 Å². The molecule has 2 aromatic carbocycles. The number of fused-ring (bicyclic) bond motifs is 1. The van der Waals surface area contributed by atoms with Crippen LogP contribution in [0, 0.1) is 5.82 Å². The molecule has 0 aliphatic heterocycles. The third kappa shape index (κ3) is 2.53. The Hall–Kier alpha value is -2.95. The fraction of sp³-hybridized carbons (Fsp3) is 0. The number of halogens is 1. The van der Waals surface area contributed by atoms with E-state index in [1.54, 1.807) is 18.3 Å². The van der Waals surface area contributed by atoms with Gasteiger partial charge in [-0.3, -0.25) is 9.78 Å². The fourth-order valence-corrected chi connectivity index (χ4v) is 2.12. The highest BCUT2D eigenvalue weighted by Crippen LogP contribution is 2.22. The minimum absolute atomic E-state index is 0.177. The summed E-state index contributed by atoms with van der Waals surface area (Å²) >= 11 is 0. The van der Waals surface area contributed by atoms with Gasteiger partial charge in [-0.15, -0.1) is 0 Å². The average molecular weight is 281 g/mol. The van der Waals surface area contributed by atoms with Crippen molar-refractivity contribution in [2.45, 2.75) is 0 Å². The average Bonchev–Trinajstić information content (AvgIpc) is 2.49. The van der Waals surface area contributed by atoms with Gasteiger partial charge in [-0.05, 0) is 30.3 Å². The lowest BCUT2D eigenvalue weighted by Crippen LogP contribution is -2.14. The van der Waals surface area contributed by atoms with Gasteiger partial charge < -0.3 is 11.1 Å². The Balaban J connectivity index is 1.97. The number of carbonyl (C=O) groups is 1. The fourth-order valence-electron chi connectivity index (χ4n) is 2.12. The highest BCUT2D eigenvalue weighted by molar-refractivity contribution is 6.12. The van der Waals surface area contributed by atoms with E-state index in [9.17, 15) is 9.18 Å². The molecule has 1 amide bonds. The number of anilines is 2. The van der Waals surface area contributed by atoms with Crippen LogP contribution in [0.15, 0.2) is 54.7 Å². The number of hydrogen-bond acceptors (Lipinski definition) is 3. The molecule has 0 unspecified atom stereocenters. The highest BCUT2D eigenvalue weighted by Gasteiger charge is 2.12. The molecule has 0 saturated heterocycles. The summed E-state index contributed by atoms with van der Waals surface area (Å²) in [6.45, 7) is 0. The van der Waals surface area contributed by atoms with Crippen molar-refractivity contribution in [2.24, 2.45) is 0 Å². The molecule has 4 nitrogen and oxygen atoms in total. The van der Waals surface area contributed by atoms with E-state index in [1.165, 1.54) is 12.1 Å². The van der Waals surface area contributed by atoms with Crippen LogP contribution < -0.4 is 11.1 Å². The predicted octanol–water partition coefficient (Wildman–Crippen LogP) is 3.21. The normalized spacial score (nSPS) is 10.5. The number of nitrogens with one attached hydrogen (secondary N) is 1. The number of carbonyl (C=O) groups excluding carboxylic acids is 1. The molecule has 0 fully saturated rings. The van der Waals surface area contributed by atoms with E-state index in [2.05, 4.69) is 10.3 Å². The SMILES string of the molecule is Nc1cc(F)ccc1NC(=O)c1cccc2cccnc12. The van der Waals surface area contributed by atoms with Crippen molar-refractivity contribution in [3.63, 3.8) is 0 Å². The minimum atomic E-state index is -0.447. The summed E-state index contributed by atoms with van der Waals surface area (Å²) in [5, 5.41) is 3.55.